The number of aromatic nitrogens is 2. The fourth-order valence-electron chi connectivity index (χ4n) is 4.39. The number of nitrogens with zero attached hydrogens (tertiary/aromatic N) is 2. The van der Waals surface area contributed by atoms with E-state index < -0.39 is 47.1 Å². The number of carbonyl (C=O) groups is 2. The van der Waals surface area contributed by atoms with Crippen molar-refractivity contribution in [1.82, 2.24) is 15.3 Å². The van der Waals surface area contributed by atoms with Gasteiger partial charge < -0.3 is 26.6 Å². The molecule has 0 spiro atoms. The smallest absolute Gasteiger partial charge is 0.424 e. The monoisotopic (exact) mass is 575 g/mol. The molecule has 6 N–H and O–H groups in total. The van der Waals surface area contributed by atoms with Gasteiger partial charge in [0.15, 0.2) is 5.13 Å². The zero-order chi connectivity index (χ0) is 29.0. The lowest BCUT2D eigenvalue weighted by molar-refractivity contribution is -0.265. The Hall–Kier alpha value is -4.30. The van der Waals surface area contributed by atoms with Crippen LogP contribution < -0.4 is 21.5 Å². The van der Waals surface area contributed by atoms with Gasteiger partial charge in [-0.25, -0.2) is 14.4 Å². The number of halogens is 4. The quantitative estimate of drug-likeness (QED) is 0.257. The summed E-state index contributed by atoms with van der Waals surface area (Å²) in [6, 6.07) is 10.0. The highest BCUT2D eigenvalue weighted by Gasteiger charge is 2.57. The number of carbonyl (C=O) groups excluding carboxylic acids is 2. The highest BCUT2D eigenvalue weighted by molar-refractivity contribution is 7.22. The number of pyridine rings is 1. The van der Waals surface area contributed by atoms with Crippen molar-refractivity contribution in [2.75, 3.05) is 18.9 Å². The van der Waals surface area contributed by atoms with E-state index in [-0.39, 0.29) is 39.9 Å². The number of aliphatic hydroxyl groups is 1. The van der Waals surface area contributed by atoms with Gasteiger partial charge in [-0.2, -0.15) is 13.2 Å². The van der Waals surface area contributed by atoms with Crippen LogP contribution >= 0.6 is 11.3 Å². The van der Waals surface area contributed by atoms with Crippen LogP contribution in [0.4, 0.5) is 22.7 Å². The lowest BCUT2D eigenvalue weighted by Gasteiger charge is -2.31. The fraction of sp³-hybridized carbons (Fsp3) is 0.231. The van der Waals surface area contributed by atoms with Crippen LogP contribution in [0, 0.1) is 5.82 Å². The Kier molecular flexibility index (Phi) is 6.42. The number of primary amides is 1. The highest BCUT2D eigenvalue weighted by Crippen LogP contribution is 2.47. The first kappa shape index (κ1) is 27.3. The van der Waals surface area contributed by atoms with Crippen LogP contribution in [0.5, 0.6) is 5.75 Å². The molecule has 2 atom stereocenters. The van der Waals surface area contributed by atoms with E-state index in [1.54, 1.807) is 6.07 Å². The second-order valence-electron chi connectivity index (χ2n) is 9.47. The predicted molar refractivity (Wildman–Crippen MR) is 138 cm³/mol. The Morgan fingerprint density at radius 2 is 1.88 bits per heavy atom. The molecule has 2 aromatic carbocycles. The minimum Gasteiger partial charge on any atom is -0.489 e. The summed E-state index contributed by atoms with van der Waals surface area (Å²) in [7, 11) is 0. The second-order valence-corrected chi connectivity index (χ2v) is 10.5. The lowest BCUT2D eigenvalue weighted by atomic mass is 9.81. The van der Waals surface area contributed by atoms with Crippen LogP contribution in [0.3, 0.4) is 0 Å². The molecule has 2 aromatic heterocycles. The molecule has 1 aliphatic rings. The van der Waals surface area contributed by atoms with Crippen molar-refractivity contribution in [3.63, 3.8) is 0 Å². The first-order valence-electron chi connectivity index (χ1n) is 11.7. The van der Waals surface area contributed by atoms with Gasteiger partial charge in [-0.3, -0.25) is 9.59 Å². The minimum absolute atomic E-state index is 0.0137. The number of rotatable bonds is 6. The molecule has 0 saturated carbocycles. The number of benzene rings is 2. The molecule has 1 aliphatic heterocycles. The summed E-state index contributed by atoms with van der Waals surface area (Å²) in [5.41, 5.74) is 5.44. The average molecular weight is 576 g/mol. The molecule has 9 nitrogen and oxygen atoms in total. The number of alkyl halides is 3. The number of amides is 2. The molecule has 0 fully saturated rings. The van der Waals surface area contributed by atoms with E-state index >= 15 is 0 Å². The van der Waals surface area contributed by atoms with E-state index in [2.05, 4.69) is 15.3 Å². The van der Waals surface area contributed by atoms with Gasteiger partial charge in [-0.1, -0.05) is 17.4 Å². The number of nitrogens with one attached hydrogen (secondary N) is 1. The third-order valence-electron chi connectivity index (χ3n) is 6.81. The SMILES string of the molecule is C[C@]1(C(N)=O)COc2c1cc([C@@](O)(CNC(=O)c1cccc3nc(N)sc13)C(F)(F)F)nc2-c1ccc(F)cc1. The van der Waals surface area contributed by atoms with Crippen molar-refractivity contribution in [2.24, 2.45) is 5.73 Å². The van der Waals surface area contributed by atoms with E-state index in [0.29, 0.717) is 10.2 Å². The fourth-order valence-corrected chi connectivity index (χ4v) is 5.23. The van der Waals surface area contributed by atoms with Crippen molar-refractivity contribution in [1.29, 1.82) is 0 Å². The maximum Gasteiger partial charge on any atom is 0.424 e. The number of anilines is 1. The Balaban J connectivity index is 1.61. The number of ether oxygens (including phenoxy) is 1. The number of thiazole rings is 1. The number of hydrogen-bond acceptors (Lipinski definition) is 8. The summed E-state index contributed by atoms with van der Waals surface area (Å²) < 4.78 is 63.2. The molecule has 0 saturated heterocycles. The number of nitrogens with two attached hydrogens (primary N) is 2. The molecule has 5 rings (SSSR count). The summed E-state index contributed by atoms with van der Waals surface area (Å²) in [6.45, 7) is -0.238. The third-order valence-corrected chi connectivity index (χ3v) is 7.74. The number of nitrogen functional groups attached to an aromatic ring is 1. The van der Waals surface area contributed by atoms with E-state index in [1.807, 2.05) is 0 Å². The predicted octanol–water partition coefficient (Wildman–Crippen LogP) is 3.39. The Bertz CT molecular complexity index is 1660. The molecule has 208 valence electrons. The summed E-state index contributed by atoms with van der Waals surface area (Å²) >= 11 is 0.983. The number of fused-ring (bicyclic) bond motifs is 2. The van der Waals surface area contributed by atoms with Gasteiger partial charge in [0, 0.05) is 11.1 Å². The van der Waals surface area contributed by atoms with Gasteiger partial charge in [-0.15, -0.1) is 0 Å². The molecule has 0 radical (unpaired) electrons. The maximum absolute atomic E-state index is 14.6. The molecular formula is C26H21F4N5O4S. The van der Waals surface area contributed by atoms with E-state index in [9.17, 15) is 32.3 Å². The Morgan fingerprint density at radius 1 is 1.18 bits per heavy atom. The van der Waals surface area contributed by atoms with Gasteiger partial charge in [0.1, 0.15) is 29.3 Å². The molecule has 3 heterocycles. The third kappa shape index (κ3) is 4.38. The van der Waals surface area contributed by atoms with Crippen molar-refractivity contribution >= 4 is 38.5 Å². The van der Waals surface area contributed by atoms with E-state index in [1.165, 1.54) is 31.2 Å². The highest BCUT2D eigenvalue weighted by atomic mass is 32.1. The zero-order valence-electron chi connectivity index (χ0n) is 20.7. The van der Waals surface area contributed by atoms with E-state index in [4.69, 9.17) is 16.2 Å². The van der Waals surface area contributed by atoms with Gasteiger partial charge in [0.2, 0.25) is 11.5 Å². The molecule has 0 aliphatic carbocycles. The maximum atomic E-state index is 14.6. The van der Waals surface area contributed by atoms with Crippen LogP contribution in [0.15, 0.2) is 48.5 Å². The van der Waals surface area contributed by atoms with Crippen LogP contribution in [0.25, 0.3) is 21.5 Å². The van der Waals surface area contributed by atoms with Crippen molar-refractivity contribution in [3.8, 4) is 17.0 Å². The van der Waals surface area contributed by atoms with Crippen LogP contribution in [0.2, 0.25) is 0 Å². The molecule has 0 unspecified atom stereocenters. The molecule has 0 bridgehead atoms. The Morgan fingerprint density at radius 3 is 2.52 bits per heavy atom. The molecule has 40 heavy (non-hydrogen) atoms. The van der Waals surface area contributed by atoms with Crippen LogP contribution in [-0.2, 0) is 15.8 Å². The summed E-state index contributed by atoms with van der Waals surface area (Å²) in [5, 5.41) is 13.4. The first-order chi connectivity index (χ1) is 18.7. The summed E-state index contributed by atoms with van der Waals surface area (Å²) in [5.74, 6) is -2.43. The first-order valence-corrected chi connectivity index (χ1v) is 12.5. The summed E-state index contributed by atoms with van der Waals surface area (Å²) in [4.78, 5) is 33.4. The van der Waals surface area contributed by atoms with Crippen molar-refractivity contribution in [2.45, 2.75) is 24.1 Å². The molecular weight excluding hydrogens is 554 g/mol. The van der Waals surface area contributed by atoms with Crippen LogP contribution in [-0.4, -0.2) is 46.2 Å². The van der Waals surface area contributed by atoms with Gasteiger partial charge in [0.25, 0.3) is 5.91 Å². The normalized spacial score (nSPS) is 18.1. The molecule has 2 amide bonds. The minimum atomic E-state index is -5.34. The molecule has 4 aromatic rings. The average Bonchev–Trinajstić information content (AvgIpc) is 3.46. The van der Waals surface area contributed by atoms with Crippen molar-refractivity contribution in [3.05, 3.63) is 71.2 Å². The van der Waals surface area contributed by atoms with Crippen LogP contribution in [0.1, 0.15) is 28.5 Å². The summed E-state index contributed by atoms with van der Waals surface area (Å²) in [6.07, 6.45) is -5.34. The largest absolute Gasteiger partial charge is 0.489 e. The lowest BCUT2D eigenvalue weighted by Crippen LogP contribution is -2.51. The zero-order valence-corrected chi connectivity index (χ0v) is 21.5. The second kappa shape index (κ2) is 9.41. The standard InChI is InChI=1S/C26H21F4N5O4S/c1-24(22(31)37)11-39-19-15(24)9-17(35-18(19)12-5-7-13(27)8-6-12)25(38,26(28,29)30)10-33-21(36)14-3-2-4-16-20(14)40-23(32)34-16/h2-9,38H,10-11H2,1H3,(H2,31,37)(H2,32,34)(H,33,36)/t24-,25-/m0/s1. The topological polar surface area (TPSA) is 153 Å². The van der Waals surface area contributed by atoms with Gasteiger partial charge in [-0.05, 0) is 49.4 Å². The Labute approximate surface area is 227 Å². The van der Waals surface area contributed by atoms with Gasteiger partial charge in [0.05, 0.1) is 28.0 Å². The number of hydrogen-bond donors (Lipinski definition) is 4. The van der Waals surface area contributed by atoms with E-state index in [0.717, 1.165) is 29.5 Å². The van der Waals surface area contributed by atoms with Gasteiger partial charge >= 0.3 is 6.18 Å². The van der Waals surface area contributed by atoms with Crippen molar-refractivity contribution < 1.29 is 37.0 Å². The molecule has 14 heteroatoms.